The largest absolute Gasteiger partial charge is 0.573 e. The lowest BCUT2D eigenvalue weighted by molar-refractivity contribution is -0.274. The van der Waals surface area contributed by atoms with Crippen LogP contribution in [-0.2, 0) is 4.79 Å². The normalized spacial score (nSPS) is 14.5. The van der Waals surface area contributed by atoms with Crippen molar-refractivity contribution in [2.24, 2.45) is 0 Å². The number of hydrogen-bond acceptors (Lipinski definition) is 6. The van der Waals surface area contributed by atoms with E-state index in [2.05, 4.69) is 25.6 Å². The summed E-state index contributed by atoms with van der Waals surface area (Å²) in [6.07, 6.45) is -2.74. The molecule has 1 aliphatic carbocycles. The Kier molecular flexibility index (Phi) is 4.60. The van der Waals surface area contributed by atoms with Gasteiger partial charge < -0.3 is 10.1 Å². The highest BCUT2D eigenvalue weighted by Gasteiger charge is 2.31. The molecule has 0 saturated heterocycles. The van der Waals surface area contributed by atoms with Crippen molar-refractivity contribution in [2.45, 2.75) is 30.4 Å². The van der Waals surface area contributed by atoms with Gasteiger partial charge in [-0.2, -0.15) is 4.68 Å². The fourth-order valence-electron chi connectivity index (χ4n) is 1.85. The maximum Gasteiger partial charge on any atom is 0.573 e. The molecule has 1 heterocycles. The molecule has 0 spiro atoms. The highest BCUT2D eigenvalue weighted by atomic mass is 32.2. The van der Waals surface area contributed by atoms with Crippen molar-refractivity contribution in [1.29, 1.82) is 0 Å². The lowest BCUT2D eigenvalue weighted by atomic mass is 10.3. The minimum absolute atomic E-state index is 0.106. The smallest absolute Gasteiger partial charge is 0.406 e. The van der Waals surface area contributed by atoms with Crippen LogP contribution in [0, 0.1) is 0 Å². The molecule has 24 heavy (non-hydrogen) atoms. The Hall–Kier alpha value is -2.30. The number of nitrogens with zero attached hydrogens (tertiary/aromatic N) is 4. The maximum atomic E-state index is 12.1. The van der Waals surface area contributed by atoms with Gasteiger partial charge in [0.25, 0.3) is 0 Å². The Labute approximate surface area is 138 Å². The van der Waals surface area contributed by atoms with Crippen LogP contribution in [0.1, 0.15) is 12.8 Å². The van der Waals surface area contributed by atoms with Crippen LogP contribution >= 0.6 is 11.8 Å². The minimum atomic E-state index is -4.74. The number of rotatable bonds is 6. The van der Waals surface area contributed by atoms with Gasteiger partial charge in [-0.15, -0.1) is 18.3 Å². The molecule has 0 bridgehead atoms. The van der Waals surface area contributed by atoms with Gasteiger partial charge in [-0.3, -0.25) is 4.79 Å². The van der Waals surface area contributed by atoms with Gasteiger partial charge in [0.05, 0.1) is 11.4 Å². The molecular weight excluding hydrogens is 347 g/mol. The molecule has 2 aromatic rings. The summed E-state index contributed by atoms with van der Waals surface area (Å²) in [6.45, 7) is 0. The van der Waals surface area contributed by atoms with Crippen LogP contribution in [0.4, 0.5) is 13.2 Å². The Morgan fingerprint density at radius 2 is 2.04 bits per heavy atom. The number of halogens is 3. The number of hydrogen-bond donors (Lipinski definition) is 1. The number of tetrazole rings is 1. The monoisotopic (exact) mass is 359 g/mol. The standard InChI is InChI=1S/C13H12F3N5O2S/c14-13(15,16)23-10-5-3-9(4-6-10)21-12(18-19-20-21)24-7-11(22)17-8-1-2-8/h3-6,8H,1-2,7H2,(H,17,22). The number of carbonyl (C=O) groups excluding carboxylic acids is 1. The number of aromatic nitrogens is 4. The van der Waals surface area contributed by atoms with Crippen molar-refractivity contribution < 1.29 is 22.7 Å². The summed E-state index contributed by atoms with van der Waals surface area (Å²) >= 11 is 1.14. The van der Waals surface area contributed by atoms with Gasteiger partial charge in [-0.25, -0.2) is 0 Å². The number of thioether (sulfide) groups is 1. The first kappa shape index (κ1) is 16.6. The lowest BCUT2D eigenvalue weighted by Crippen LogP contribution is -2.27. The Balaban J connectivity index is 1.64. The number of benzene rings is 1. The van der Waals surface area contributed by atoms with Crippen molar-refractivity contribution in [3.8, 4) is 11.4 Å². The van der Waals surface area contributed by atoms with E-state index in [1.165, 1.54) is 28.9 Å². The van der Waals surface area contributed by atoms with Crippen molar-refractivity contribution >= 4 is 17.7 Å². The van der Waals surface area contributed by atoms with Crippen molar-refractivity contribution in [1.82, 2.24) is 25.5 Å². The molecule has 0 radical (unpaired) electrons. The van der Waals surface area contributed by atoms with Crippen LogP contribution in [0.2, 0.25) is 0 Å². The SMILES string of the molecule is O=C(CSc1nnnn1-c1ccc(OC(F)(F)F)cc1)NC1CC1. The van der Waals surface area contributed by atoms with Crippen LogP contribution in [-0.4, -0.2) is 44.3 Å². The second-order valence-corrected chi connectivity index (χ2v) is 5.99. The number of nitrogens with one attached hydrogen (secondary N) is 1. The molecule has 3 rings (SSSR count). The molecule has 1 aromatic carbocycles. The summed E-state index contributed by atoms with van der Waals surface area (Å²) in [6, 6.07) is 5.39. The topological polar surface area (TPSA) is 81.9 Å². The summed E-state index contributed by atoms with van der Waals surface area (Å²) in [5.41, 5.74) is 0.458. The second-order valence-electron chi connectivity index (χ2n) is 5.05. The van der Waals surface area contributed by atoms with Gasteiger partial charge >= 0.3 is 6.36 Å². The van der Waals surface area contributed by atoms with Gasteiger partial charge in [0.1, 0.15) is 5.75 Å². The van der Waals surface area contributed by atoms with E-state index < -0.39 is 6.36 Å². The average molecular weight is 359 g/mol. The number of ether oxygens (including phenoxy) is 1. The van der Waals surface area contributed by atoms with E-state index in [0.29, 0.717) is 10.8 Å². The molecule has 1 N–H and O–H groups in total. The zero-order chi connectivity index (χ0) is 17.2. The van der Waals surface area contributed by atoms with Crippen LogP contribution < -0.4 is 10.1 Å². The minimum Gasteiger partial charge on any atom is -0.406 e. The molecule has 0 aliphatic heterocycles. The van der Waals surface area contributed by atoms with Crippen molar-refractivity contribution in [3.05, 3.63) is 24.3 Å². The highest BCUT2D eigenvalue weighted by Crippen LogP contribution is 2.25. The predicted molar refractivity (Wildman–Crippen MR) is 77.7 cm³/mol. The van der Waals surface area contributed by atoms with Gasteiger partial charge in [-0.05, 0) is 47.5 Å². The van der Waals surface area contributed by atoms with E-state index in [1.54, 1.807) is 0 Å². The molecule has 0 atom stereocenters. The number of carbonyl (C=O) groups is 1. The summed E-state index contributed by atoms with van der Waals surface area (Å²) in [7, 11) is 0. The van der Waals surface area contributed by atoms with Crippen molar-refractivity contribution in [3.63, 3.8) is 0 Å². The van der Waals surface area contributed by atoms with E-state index in [4.69, 9.17) is 0 Å². The van der Waals surface area contributed by atoms with E-state index in [-0.39, 0.29) is 23.5 Å². The van der Waals surface area contributed by atoms with Crippen LogP contribution in [0.15, 0.2) is 29.4 Å². The fraction of sp³-hybridized carbons (Fsp3) is 0.385. The highest BCUT2D eigenvalue weighted by molar-refractivity contribution is 7.99. The molecular formula is C13H12F3N5O2S. The molecule has 11 heteroatoms. The summed E-state index contributed by atoms with van der Waals surface area (Å²) in [5, 5.41) is 14.3. The molecule has 1 aliphatic rings. The first-order chi connectivity index (χ1) is 11.4. The Morgan fingerprint density at radius 3 is 2.67 bits per heavy atom. The number of alkyl halides is 3. The van der Waals surface area contributed by atoms with Crippen LogP contribution in [0.3, 0.4) is 0 Å². The van der Waals surface area contributed by atoms with E-state index in [0.717, 1.165) is 24.6 Å². The third-order valence-electron chi connectivity index (χ3n) is 3.03. The van der Waals surface area contributed by atoms with E-state index in [9.17, 15) is 18.0 Å². The summed E-state index contributed by atoms with van der Waals surface area (Å²) < 4.78 is 41.6. The van der Waals surface area contributed by atoms with E-state index >= 15 is 0 Å². The predicted octanol–water partition coefficient (Wildman–Crippen LogP) is 1.93. The van der Waals surface area contributed by atoms with Crippen molar-refractivity contribution in [2.75, 3.05) is 5.75 Å². The zero-order valence-electron chi connectivity index (χ0n) is 12.2. The molecule has 128 valence electrons. The van der Waals surface area contributed by atoms with Gasteiger partial charge in [0.2, 0.25) is 11.1 Å². The third kappa shape index (κ3) is 4.60. The first-order valence-electron chi connectivity index (χ1n) is 6.97. The Morgan fingerprint density at radius 1 is 1.33 bits per heavy atom. The molecule has 1 fully saturated rings. The molecule has 1 saturated carbocycles. The number of amides is 1. The molecule has 1 aromatic heterocycles. The van der Waals surface area contributed by atoms with Crippen LogP contribution in [0.25, 0.3) is 5.69 Å². The Bertz CT molecular complexity index is 715. The van der Waals surface area contributed by atoms with Crippen LogP contribution in [0.5, 0.6) is 5.75 Å². The van der Waals surface area contributed by atoms with E-state index in [1.807, 2.05) is 0 Å². The molecule has 0 unspecified atom stereocenters. The summed E-state index contributed by atoms with van der Waals surface area (Å²) in [4.78, 5) is 11.7. The van der Waals surface area contributed by atoms with Gasteiger partial charge in [0, 0.05) is 6.04 Å². The quantitative estimate of drug-likeness (QED) is 0.794. The third-order valence-corrected chi connectivity index (χ3v) is 3.95. The summed E-state index contributed by atoms with van der Waals surface area (Å²) in [5.74, 6) is -0.283. The van der Waals surface area contributed by atoms with Gasteiger partial charge in [0.15, 0.2) is 0 Å². The zero-order valence-corrected chi connectivity index (χ0v) is 13.0. The average Bonchev–Trinajstić information content (AvgIpc) is 3.19. The second kappa shape index (κ2) is 6.67. The van der Waals surface area contributed by atoms with Gasteiger partial charge in [-0.1, -0.05) is 11.8 Å². The molecule has 1 amide bonds. The fourth-order valence-corrected chi connectivity index (χ4v) is 2.55. The first-order valence-corrected chi connectivity index (χ1v) is 7.96. The lowest BCUT2D eigenvalue weighted by Gasteiger charge is -2.09. The maximum absolute atomic E-state index is 12.1. The molecule has 7 nitrogen and oxygen atoms in total.